The molecule has 0 aliphatic carbocycles. The van der Waals surface area contributed by atoms with E-state index in [1.54, 1.807) is 12.1 Å². The first-order valence-electron chi connectivity index (χ1n) is 8.35. The summed E-state index contributed by atoms with van der Waals surface area (Å²) in [7, 11) is 2.16. The van der Waals surface area contributed by atoms with E-state index in [1.807, 2.05) is 12.1 Å². The summed E-state index contributed by atoms with van der Waals surface area (Å²) in [6.45, 7) is 7.43. The van der Waals surface area contributed by atoms with Gasteiger partial charge in [-0.1, -0.05) is 44.9 Å². The van der Waals surface area contributed by atoms with Gasteiger partial charge in [0, 0.05) is 11.6 Å². The summed E-state index contributed by atoms with van der Waals surface area (Å²) in [6.07, 6.45) is 5.81. The van der Waals surface area contributed by atoms with Crippen LogP contribution in [0.1, 0.15) is 57.6 Å². The van der Waals surface area contributed by atoms with Crippen LogP contribution in [-0.2, 0) is 0 Å². The Morgan fingerprint density at radius 2 is 1.86 bits per heavy atom. The first-order valence-corrected chi connectivity index (χ1v) is 8.35. The van der Waals surface area contributed by atoms with Crippen molar-refractivity contribution >= 4 is 0 Å². The Balaban J connectivity index is 2.52. The molecule has 0 aromatic heterocycles. The van der Waals surface area contributed by atoms with Gasteiger partial charge in [0.15, 0.2) is 0 Å². The lowest BCUT2D eigenvalue weighted by Crippen LogP contribution is -2.29. The SMILES string of the molecule is CCCCCN(C)CCC(NCCC)c1ccccc1F. The molecule has 2 nitrogen and oxygen atoms in total. The minimum atomic E-state index is -0.0975. The maximum atomic E-state index is 14.0. The highest BCUT2D eigenvalue weighted by Gasteiger charge is 2.15. The van der Waals surface area contributed by atoms with Crippen LogP contribution in [0.15, 0.2) is 24.3 Å². The average molecular weight is 294 g/mol. The number of hydrogen-bond acceptors (Lipinski definition) is 2. The lowest BCUT2D eigenvalue weighted by atomic mass is 10.0. The fourth-order valence-corrected chi connectivity index (χ4v) is 2.54. The smallest absolute Gasteiger partial charge is 0.127 e. The molecular formula is C18H31FN2. The third kappa shape index (κ3) is 7.05. The highest BCUT2D eigenvalue weighted by molar-refractivity contribution is 5.21. The van der Waals surface area contributed by atoms with Gasteiger partial charge in [0.05, 0.1) is 0 Å². The van der Waals surface area contributed by atoms with Gasteiger partial charge in [0.2, 0.25) is 0 Å². The number of halogens is 1. The molecule has 1 aromatic carbocycles. The van der Waals surface area contributed by atoms with Crippen LogP contribution in [-0.4, -0.2) is 31.6 Å². The minimum absolute atomic E-state index is 0.0975. The Morgan fingerprint density at radius 3 is 2.52 bits per heavy atom. The molecule has 0 heterocycles. The zero-order valence-electron chi connectivity index (χ0n) is 13.9. The van der Waals surface area contributed by atoms with E-state index < -0.39 is 0 Å². The van der Waals surface area contributed by atoms with Gasteiger partial charge in [0.1, 0.15) is 5.82 Å². The highest BCUT2D eigenvalue weighted by Crippen LogP contribution is 2.20. The third-order valence-corrected chi connectivity index (χ3v) is 3.86. The van der Waals surface area contributed by atoms with Crippen molar-refractivity contribution < 1.29 is 4.39 Å². The van der Waals surface area contributed by atoms with Crippen LogP contribution in [0.25, 0.3) is 0 Å². The van der Waals surface area contributed by atoms with Crippen molar-refractivity contribution in [3.8, 4) is 0 Å². The van der Waals surface area contributed by atoms with Crippen LogP contribution in [0.5, 0.6) is 0 Å². The molecule has 0 aliphatic heterocycles. The summed E-state index contributed by atoms with van der Waals surface area (Å²) in [5.74, 6) is -0.0975. The maximum absolute atomic E-state index is 14.0. The summed E-state index contributed by atoms with van der Waals surface area (Å²) in [5, 5.41) is 3.48. The Labute approximate surface area is 129 Å². The van der Waals surface area contributed by atoms with Crippen LogP contribution in [0.2, 0.25) is 0 Å². The monoisotopic (exact) mass is 294 g/mol. The number of rotatable bonds is 11. The average Bonchev–Trinajstić information content (AvgIpc) is 2.49. The van der Waals surface area contributed by atoms with Gasteiger partial charge in [-0.2, -0.15) is 0 Å². The molecular weight excluding hydrogens is 263 g/mol. The number of hydrogen-bond donors (Lipinski definition) is 1. The fraction of sp³-hybridized carbons (Fsp3) is 0.667. The van der Waals surface area contributed by atoms with E-state index in [4.69, 9.17) is 0 Å². The van der Waals surface area contributed by atoms with Gasteiger partial charge in [-0.05, 0) is 52.0 Å². The molecule has 3 heteroatoms. The van der Waals surface area contributed by atoms with E-state index >= 15 is 0 Å². The Hall–Kier alpha value is -0.930. The maximum Gasteiger partial charge on any atom is 0.127 e. The van der Waals surface area contributed by atoms with Crippen LogP contribution in [0.4, 0.5) is 4.39 Å². The molecule has 21 heavy (non-hydrogen) atoms. The molecule has 1 rings (SSSR count). The fourth-order valence-electron chi connectivity index (χ4n) is 2.54. The Kier molecular flexibility index (Phi) is 9.27. The summed E-state index contributed by atoms with van der Waals surface area (Å²) >= 11 is 0. The number of benzene rings is 1. The molecule has 0 aliphatic rings. The van der Waals surface area contributed by atoms with Gasteiger partial charge < -0.3 is 10.2 Å². The number of unbranched alkanes of at least 4 members (excludes halogenated alkanes) is 2. The van der Waals surface area contributed by atoms with E-state index in [-0.39, 0.29) is 11.9 Å². The van der Waals surface area contributed by atoms with E-state index in [0.29, 0.717) is 0 Å². The van der Waals surface area contributed by atoms with Crippen molar-refractivity contribution in [2.24, 2.45) is 0 Å². The standard InChI is InChI=1S/C18H31FN2/c1-4-6-9-14-21(3)15-12-18(20-13-5-2)16-10-7-8-11-17(16)19/h7-8,10-11,18,20H,4-6,9,12-15H2,1-3H3. The van der Waals surface area contributed by atoms with E-state index in [9.17, 15) is 4.39 Å². The number of nitrogens with one attached hydrogen (secondary N) is 1. The van der Waals surface area contributed by atoms with Crippen LogP contribution in [0, 0.1) is 5.82 Å². The normalized spacial score (nSPS) is 12.8. The molecule has 0 saturated carbocycles. The van der Waals surface area contributed by atoms with Crippen molar-refractivity contribution in [2.75, 3.05) is 26.7 Å². The van der Waals surface area contributed by atoms with Crippen LogP contribution < -0.4 is 5.32 Å². The largest absolute Gasteiger partial charge is 0.310 e. The second-order valence-electron chi connectivity index (χ2n) is 5.83. The Bertz CT molecular complexity index is 381. The van der Waals surface area contributed by atoms with Gasteiger partial charge in [-0.25, -0.2) is 4.39 Å². The highest BCUT2D eigenvalue weighted by atomic mass is 19.1. The van der Waals surface area contributed by atoms with E-state index in [0.717, 1.165) is 38.0 Å². The molecule has 1 N–H and O–H groups in total. The molecule has 0 saturated heterocycles. The van der Waals surface area contributed by atoms with Crippen LogP contribution >= 0.6 is 0 Å². The molecule has 0 radical (unpaired) electrons. The lowest BCUT2D eigenvalue weighted by molar-refractivity contribution is 0.299. The topological polar surface area (TPSA) is 15.3 Å². The first kappa shape index (κ1) is 18.1. The minimum Gasteiger partial charge on any atom is -0.310 e. The number of nitrogens with zero attached hydrogens (tertiary/aromatic N) is 1. The van der Waals surface area contributed by atoms with Crippen molar-refractivity contribution in [2.45, 2.75) is 52.0 Å². The van der Waals surface area contributed by atoms with Crippen molar-refractivity contribution in [1.29, 1.82) is 0 Å². The van der Waals surface area contributed by atoms with Crippen LogP contribution in [0.3, 0.4) is 0 Å². The quantitative estimate of drug-likeness (QED) is 0.609. The van der Waals surface area contributed by atoms with Gasteiger partial charge in [-0.3, -0.25) is 0 Å². The Morgan fingerprint density at radius 1 is 1.10 bits per heavy atom. The third-order valence-electron chi connectivity index (χ3n) is 3.86. The zero-order valence-corrected chi connectivity index (χ0v) is 13.9. The molecule has 0 bridgehead atoms. The predicted molar refractivity (Wildman–Crippen MR) is 89.1 cm³/mol. The molecule has 0 amide bonds. The lowest BCUT2D eigenvalue weighted by Gasteiger charge is -2.23. The second-order valence-corrected chi connectivity index (χ2v) is 5.83. The van der Waals surface area contributed by atoms with Gasteiger partial charge in [0.25, 0.3) is 0 Å². The summed E-state index contributed by atoms with van der Waals surface area (Å²) in [6, 6.07) is 7.25. The summed E-state index contributed by atoms with van der Waals surface area (Å²) in [5.41, 5.74) is 0.799. The molecule has 1 aromatic rings. The second kappa shape index (κ2) is 10.7. The summed E-state index contributed by atoms with van der Waals surface area (Å²) < 4.78 is 14.0. The molecule has 0 fully saturated rings. The van der Waals surface area contributed by atoms with Crippen molar-refractivity contribution in [3.05, 3.63) is 35.6 Å². The van der Waals surface area contributed by atoms with Gasteiger partial charge in [-0.15, -0.1) is 0 Å². The molecule has 120 valence electrons. The van der Waals surface area contributed by atoms with Crippen molar-refractivity contribution in [3.63, 3.8) is 0 Å². The van der Waals surface area contributed by atoms with Gasteiger partial charge >= 0.3 is 0 Å². The predicted octanol–water partition coefficient (Wildman–Crippen LogP) is 4.38. The molecule has 1 atom stereocenters. The van der Waals surface area contributed by atoms with E-state index in [2.05, 4.69) is 31.1 Å². The summed E-state index contributed by atoms with van der Waals surface area (Å²) in [4.78, 5) is 2.36. The van der Waals surface area contributed by atoms with E-state index in [1.165, 1.54) is 19.3 Å². The molecule has 1 unspecified atom stereocenters. The van der Waals surface area contributed by atoms with Crippen molar-refractivity contribution in [1.82, 2.24) is 10.2 Å². The molecule has 0 spiro atoms. The zero-order chi connectivity index (χ0) is 15.5. The first-order chi connectivity index (χ1) is 10.2.